The number of methoxy groups -OCH3 is 1. The van der Waals surface area contributed by atoms with Crippen LogP contribution in [0.4, 0.5) is 0 Å². The molecule has 1 fully saturated rings. The first kappa shape index (κ1) is 21.5. The first-order chi connectivity index (χ1) is 14.3. The molecule has 1 saturated heterocycles. The third kappa shape index (κ3) is 4.21. The quantitative estimate of drug-likeness (QED) is 0.430. The third-order valence-corrected chi connectivity index (χ3v) is 5.23. The second-order valence-corrected chi connectivity index (χ2v) is 7.62. The number of carbonyl (C=O) groups excluding carboxylic acids is 2. The van der Waals surface area contributed by atoms with Gasteiger partial charge in [0, 0.05) is 24.5 Å². The number of aromatic nitrogens is 1. The Balaban J connectivity index is 2.09. The molecular formula is C23H27N3O4. The van der Waals surface area contributed by atoms with Crippen molar-refractivity contribution in [3.63, 3.8) is 0 Å². The minimum Gasteiger partial charge on any atom is -0.507 e. The summed E-state index contributed by atoms with van der Waals surface area (Å²) in [6, 6.07) is 8.09. The molecule has 1 aliphatic heterocycles. The lowest BCUT2D eigenvalue weighted by molar-refractivity contribution is -0.139. The lowest BCUT2D eigenvalue weighted by Crippen LogP contribution is -2.32. The summed E-state index contributed by atoms with van der Waals surface area (Å²) in [4.78, 5) is 33.6. The van der Waals surface area contributed by atoms with E-state index in [9.17, 15) is 14.7 Å². The molecule has 1 aliphatic rings. The van der Waals surface area contributed by atoms with Gasteiger partial charge in [0.1, 0.15) is 11.5 Å². The number of Topliss-reactive ketones (excluding diaryl/α,β-unsaturated/α-hetero) is 1. The molecule has 2 heterocycles. The number of aliphatic hydroxyl groups excluding tert-OH is 1. The molecule has 3 rings (SSSR count). The van der Waals surface area contributed by atoms with Gasteiger partial charge in [-0.05, 0) is 69.4 Å². The summed E-state index contributed by atoms with van der Waals surface area (Å²) in [6.45, 7) is 3.00. The summed E-state index contributed by atoms with van der Waals surface area (Å²) < 4.78 is 5.23. The van der Waals surface area contributed by atoms with E-state index in [-0.39, 0.29) is 11.3 Å². The first-order valence-corrected chi connectivity index (χ1v) is 9.83. The molecule has 0 spiro atoms. The molecule has 30 heavy (non-hydrogen) atoms. The molecule has 1 aromatic heterocycles. The standard InChI is InChI=1S/C23H27N3O4/c1-15-13-17(30-4)8-9-18(15)21(27)19-20(16-7-5-10-24-14-16)26(23(29)22(19)28)12-6-11-25(2)3/h5,7-10,13-14,20,27H,6,11-12H2,1-4H3/b21-19-. The van der Waals surface area contributed by atoms with E-state index in [0.29, 0.717) is 29.8 Å². The van der Waals surface area contributed by atoms with Crippen LogP contribution in [0.15, 0.2) is 48.3 Å². The van der Waals surface area contributed by atoms with Gasteiger partial charge in [0.15, 0.2) is 0 Å². The number of ether oxygens (including phenoxy) is 1. The normalized spacial score (nSPS) is 18.3. The van der Waals surface area contributed by atoms with Gasteiger partial charge in [-0.3, -0.25) is 14.6 Å². The van der Waals surface area contributed by atoms with Crippen molar-refractivity contribution in [3.8, 4) is 5.75 Å². The minimum atomic E-state index is -0.679. The molecule has 0 radical (unpaired) electrons. The van der Waals surface area contributed by atoms with E-state index >= 15 is 0 Å². The number of hydrogen-bond donors (Lipinski definition) is 1. The average Bonchev–Trinajstić information content (AvgIpc) is 2.98. The van der Waals surface area contributed by atoms with Crippen LogP contribution in [-0.2, 0) is 9.59 Å². The van der Waals surface area contributed by atoms with Crippen molar-refractivity contribution < 1.29 is 19.4 Å². The fourth-order valence-electron chi connectivity index (χ4n) is 3.73. The fourth-order valence-corrected chi connectivity index (χ4v) is 3.73. The van der Waals surface area contributed by atoms with Gasteiger partial charge in [0.2, 0.25) is 0 Å². The van der Waals surface area contributed by atoms with E-state index < -0.39 is 17.7 Å². The number of hydrogen-bond acceptors (Lipinski definition) is 6. The highest BCUT2D eigenvalue weighted by Gasteiger charge is 2.46. The van der Waals surface area contributed by atoms with Crippen LogP contribution in [0.5, 0.6) is 5.75 Å². The summed E-state index contributed by atoms with van der Waals surface area (Å²) in [5.74, 6) is -0.814. The zero-order valence-corrected chi connectivity index (χ0v) is 17.8. The van der Waals surface area contributed by atoms with E-state index in [0.717, 1.165) is 12.1 Å². The maximum atomic E-state index is 13.0. The van der Waals surface area contributed by atoms with Gasteiger partial charge in [0.25, 0.3) is 11.7 Å². The van der Waals surface area contributed by atoms with Crippen LogP contribution in [-0.4, -0.2) is 65.9 Å². The van der Waals surface area contributed by atoms with Crippen molar-refractivity contribution in [2.24, 2.45) is 0 Å². The van der Waals surface area contributed by atoms with Crippen molar-refractivity contribution in [1.29, 1.82) is 0 Å². The van der Waals surface area contributed by atoms with Crippen molar-refractivity contribution in [3.05, 3.63) is 65.0 Å². The minimum absolute atomic E-state index is 0.0890. The summed E-state index contributed by atoms with van der Waals surface area (Å²) in [5, 5.41) is 11.1. The molecule has 7 heteroatoms. The molecule has 158 valence electrons. The predicted octanol–water partition coefficient (Wildman–Crippen LogP) is 2.77. The Morgan fingerprint density at radius 3 is 2.63 bits per heavy atom. The van der Waals surface area contributed by atoms with Crippen LogP contribution in [0.25, 0.3) is 5.76 Å². The van der Waals surface area contributed by atoms with Crippen LogP contribution in [0.1, 0.15) is 29.2 Å². The van der Waals surface area contributed by atoms with Gasteiger partial charge in [-0.15, -0.1) is 0 Å². The Hall–Kier alpha value is -3.19. The summed E-state index contributed by atoms with van der Waals surface area (Å²) in [6.07, 6.45) is 3.97. The van der Waals surface area contributed by atoms with Crippen LogP contribution < -0.4 is 4.74 Å². The number of aliphatic hydroxyl groups is 1. The van der Waals surface area contributed by atoms with Crippen molar-refractivity contribution >= 4 is 17.4 Å². The average molecular weight is 409 g/mol. The highest BCUT2D eigenvalue weighted by Crippen LogP contribution is 2.39. The zero-order valence-electron chi connectivity index (χ0n) is 17.8. The molecule has 1 N–H and O–H groups in total. The molecule has 1 atom stereocenters. The van der Waals surface area contributed by atoms with Crippen molar-refractivity contribution in [1.82, 2.24) is 14.8 Å². The van der Waals surface area contributed by atoms with E-state index in [1.807, 2.05) is 32.0 Å². The van der Waals surface area contributed by atoms with E-state index in [1.165, 1.54) is 4.90 Å². The van der Waals surface area contributed by atoms with Gasteiger partial charge in [-0.25, -0.2) is 0 Å². The smallest absolute Gasteiger partial charge is 0.295 e. The zero-order chi connectivity index (χ0) is 21.8. The van der Waals surface area contributed by atoms with E-state index in [1.54, 1.807) is 43.8 Å². The van der Waals surface area contributed by atoms with Crippen molar-refractivity contribution in [2.75, 3.05) is 34.3 Å². The summed E-state index contributed by atoms with van der Waals surface area (Å²) >= 11 is 0. The van der Waals surface area contributed by atoms with Gasteiger partial charge < -0.3 is 19.6 Å². The summed E-state index contributed by atoms with van der Waals surface area (Å²) in [5.41, 5.74) is 2.02. The number of aryl methyl sites for hydroxylation is 1. The molecule has 1 aromatic carbocycles. The number of amides is 1. The second kappa shape index (κ2) is 9.09. The molecule has 0 aliphatic carbocycles. The Bertz CT molecular complexity index is 970. The maximum absolute atomic E-state index is 13.0. The summed E-state index contributed by atoms with van der Waals surface area (Å²) in [7, 11) is 5.48. The van der Waals surface area contributed by atoms with E-state index in [2.05, 4.69) is 4.98 Å². The number of rotatable bonds is 7. The topological polar surface area (TPSA) is 83.0 Å². The number of pyridine rings is 1. The Morgan fingerprint density at radius 1 is 1.27 bits per heavy atom. The Kier molecular flexibility index (Phi) is 6.52. The largest absolute Gasteiger partial charge is 0.507 e. The number of benzene rings is 1. The molecule has 0 saturated carbocycles. The molecule has 7 nitrogen and oxygen atoms in total. The monoisotopic (exact) mass is 409 g/mol. The number of carbonyl (C=O) groups is 2. The maximum Gasteiger partial charge on any atom is 0.295 e. The van der Waals surface area contributed by atoms with Gasteiger partial charge in [-0.2, -0.15) is 0 Å². The number of ketones is 1. The SMILES string of the molecule is COc1ccc(/C(O)=C2/C(=O)C(=O)N(CCCN(C)C)C2c2cccnc2)c(C)c1. The first-order valence-electron chi connectivity index (χ1n) is 9.83. The van der Waals surface area contributed by atoms with Crippen LogP contribution in [0, 0.1) is 6.92 Å². The fraction of sp³-hybridized carbons (Fsp3) is 0.348. The molecule has 0 bridgehead atoms. The lowest BCUT2D eigenvalue weighted by Gasteiger charge is -2.25. The van der Waals surface area contributed by atoms with Crippen LogP contribution >= 0.6 is 0 Å². The second-order valence-electron chi connectivity index (χ2n) is 7.62. The molecular weight excluding hydrogens is 382 g/mol. The highest BCUT2D eigenvalue weighted by atomic mass is 16.5. The van der Waals surface area contributed by atoms with Crippen LogP contribution in [0.2, 0.25) is 0 Å². The molecule has 2 aromatic rings. The predicted molar refractivity (Wildman–Crippen MR) is 114 cm³/mol. The Morgan fingerprint density at radius 2 is 2.03 bits per heavy atom. The lowest BCUT2D eigenvalue weighted by atomic mass is 9.94. The van der Waals surface area contributed by atoms with Crippen LogP contribution in [0.3, 0.4) is 0 Å². The van der Waals surface area contributed by atoms with Gasteiger partial charge in [-0.1, -0.05) is 6.07 Å². The van der Waals surface area contributed by atoms with Crippen molar-refractivity contribution in [2.45, 2.75) is 19.4 Å². The molecule has 1 unspecified atom stereocenters. The number of nitrogens with zero attached hydrogens (tertiary/aromatic N) is 3. The number of likely N-dealkylation sites (tertiary alicyclic amines) is 1. The van der Waals surface area contributed by atoms with Gasteiger partial charge in [0.05, 0.1) is 18.7 Å². The Labute approximate surface area is 176 Å². The third-order valence-electron chi connectivity index (χ3n) is 5.23. The van der Waals surface area contributed by atoms with E-state index in [4.69, 9.17) is 4.74 Å². The molecule has 1 amide bonds. The highest BCUT2D eigenvalue weighted by molar-refractivity contribution is 6.46. The van der Waals surface area contributed by atoms with Gasteiger partial charge >= 0.3 is 0 Å².